The zero-order valence-corrected chi connectivity index (χ0v) is 16.0. The maximum absolute atomic E-state index is 12.7. The maximum atomic E-state index is 12.7. The van der Waals surface area contributed by atoms with Crippen LogP contribution in [0.25, 0.3) is 0 Å². The Morgan fingerprint density at radius 3 is 2.46 bits per heavy atom. The molecule has 0 N–H and O–H groups in total. The third-order valence-corrected chi connectivity index (χ3v) is 5.86. The zero-order chi connectivity index (χ0) is 18.2. The first-order valence-electron chi connectivity index (χ1n) is 6.95. The molecule has 1 heterocycles. The van der Waals surface area contributed by atoms with Crippen molar-refractivity contribution in [3.05, 3.63) is 39.5 Å². The number of hydrogen-bond acceptors (Lipinski definition) is 5. The van der Waals surface area contributed by atoms with E-state index in [-0.39, 0.29) is 27.1 Å². The molecule has 2 rings (SSSR count). The number of sulfone groups is 1. The van der Waals surface area contributed by atoms with Gasteiger partial charge in [-0.3, -0.25) is 4.79 Å². The molecule has 0 atom stereocenters. The van der Waals surface area contributed by atoms with Crippen LogP contribution in [0.3, 0.4) is 0 Å². The Hall–Kier alpha value is -1.57. The van der Waals surface area contributed by atoms with Crippen molar-refractivity contribution in [2.24, 2.45) is 5.10 Å². The average Bonchev–Trinajstić information content (AvgIpc) is 2.69. The summed E-state index contributed by atoms with van der Waals surface area (Å²) in [4.78, 5) is 13.8. The molecule has 0 bridgehead atoms. The third-order valence-electron chi connectivity index (χ3n) is 3.37. The summed E-state index contributed by atoms with van der Waals surface area (Å²) in [6.45, 7) is 1.69. The Kier molecular flexibility index (Phi) is 5.27. The molecule has 0 saturated carbocycles. The molecule has 0 aromatic heterocycles. The minimum atomic E-state index is -3.79. The van der Waals surface area contributed by atoms with E-state index in [1.807, 2.05) is 0 Å². The number of benzene rings is 1. The lowest BCUT2D eigenvalue weighted by molar-refractivity contribution is -0.124. The standard InChI is InChI=1S/C15H17Cl2N3O3S/c1-9-5-14(12(17)6-11(9)16)24(22,23)8-13-10(7-19(2)3)15(21)20(4)18-13/h5-7H,8H2,1-4H3/b10-7+. The lowest BCUT2D eigenvalue weighted by atomic mass is 10.2. The van der Waals surface area contributed by atoms with Gasteiger partial charge in [-0.1, -0.05) is 23.2 Å². The second-order valence-corrected chi connectivity index (χ2v) is 8.45. The zero-order valence-electron chi connectivity index (χ0n) is 13.7. The fraction of sp³-hybridized carbons (Fsp3) is 0.333. The Labute approximate surface area is 151 Å². The number of hydrazone groups is 1. The summed E-state index contributed by atoms with van der Waals surface area (Å²) >= 11 is 12.0. The van der Waals surface area contributed by atoms with E-state index < -0.39 is 15.6 Å². The van der Waals surface area contributed by atoms with Crippen molar-refractivity contribution >= 4 is 44.7 Å². The van der Waals surface area contributed by atoms with Crippen LogP contribution < -0.4 is 0 Å². The van der Waals surface area contributed by atoms with E-state index in [0.717, 1.165) is 5.01 Å². The molecule has 0 spiro atoms. The fourth-order valence-electron chi connectivity index (χ4n) is 2.20. The number of nitrogens with zero attached hydrogens (tertiary/aromatic N) is 3. The molecule has 0 saturated heterocycles. The minimum absolute atomic E-state index is 0.0278. The van der Waals surface area contributed by atoms with Gasteiger partial charge in [-0.15, -0.1) is 0 Å². The number of amides is 1. The second kappa shape index (κ2) is 6.74. The molecule has 6 nitrogen and oxygen atoms in total. The summed E-state index contributed by atoms with van der Waals surface area (Å²) in [6.07, 6.45) is 1.55. The molecule has 0 aliphatic carbocycles. The van der Waals surface area contributed by atoms with E-state index in [0.29, 0.717) is 10.6 Å². The topological polar surface area (TPSA) is 70.0 Å². The maximum Gasteiger partial charge on any atom is 0.277 e. The first-order valence-corrected chi connectivity index (χ1v) is 9.36. The Morgan fingerprint density at radius 1 is 1.25 bits per heavy atom. The number of rotatable bonds is 4. The van der Waals surface area contributed by atoms with Gasteiger partial charge in [-0.25, -0.2) is 13.4 Å². The first kappa shape index (κ1) is 18.8. The summed E-state index contributed by atoms with van der Waals surface area (Å²) in [7, 11) is 1.17. The van der Waals surface area contributed by atoms with Crippen LogP contribution in [0.4, 0.5) is 0 Å². The van der Waals surface area contributed by atoms with E-state index in [1.165, 1.54) is 19.2 Å². The molecule has 1 aromatic carbocycles. The van der Waals surface area contributed by atoms with E-state index in [2.05, 4.69) is 5.10 Å². The van der Waals surface area contributed by atoms with Crippen LogP contribution >= 0.6 is 23.2 Å². The van der Waals surface area contributed by atoms with E-state index in [9.17, 15) is 13.2 Å². The second-order valence-electron chi connectivity index (χ2n) is 5.67. The van der Waals surface area contributed by atoms with Gasteiger partial charge in [0.25, 0.3) is 5.91 Å². The highest BCUT2D eigenvalue weighted by Crippen LogP contribution is 2.30. The number of aryl methyl sites for hydroxylation is 1. The van der Waals surface area contributed by atoms with Crippen molar-refractivity contribution < 1.29 is 13.2 Å². The Bertz CT molecular complexity index is 861. The summed E-state index contributed by atoms with van der Waals surface area (Å²) in [5.74, 6) is -0.781. The lowest BCUT2D eigenvalue weighted by Gasteiger charge is -2.10. The highest BCUT2D eigenvalue weighted by atomic mass is 35.5. The van der Waals surface area contributed by atoms with Gasteiger partial charge in [-0.05, 0) is 24.6 Å². The number of carbonyl (C=O) groups excluding carboxylic acids is 1. The van der Waals surface area contributed by atoms with Gasteiger partial charge in [0.15, 0.2) is 9.84 Å². The van der Waals surface area contributed by atoms with Crippen molar-refractivity contribution in [3.8, 4) is 0 Å². The largest absolute Gasteiger partial charge is 0.383 e. The van der Waals surface area contributed by atoms with Crippen LogP contribution in [-0.2, 0) is 14.6 Å². The van der Waals surface area contributed by atoms with Crippen LogP contribution in [0.1, 0.15) is 5.56 Å². The summed E-state index contributed by atoms with van der Waals surface area (Å²) in [5, 5.41) is 5.59. The number of likely N-dealkylation sites (N-methyl/N-ethyl adjacent to an activating group) is 1. The van der Waals surface area contributed by atoms with Gasteiger partial charge in [-0.2, -0.15) is 5.10 Å². The van der Waals surface area contributed by atoms with Crippen molar-refractivity contribution in [2.45, 2.75) is 11.8 Å². The van der Waals surface area contributed by atoms with Crippen molar-refractivity contribution in [1.82, 2.24) is 9.91 Å². The number of carbonyl (C=O) groups is 1. The lowest BCUT2D eigenvalue weighted by Crippen LogP contribution is -2.22. The van der Waals surface area contributed by atoms with Crippen LogP contribution in [0, 0.1) is 6.92 Å². The molecular formula is C15H17Cl2N3O3S. The average molecular weight is 390 g/mol. The molecular weight excluding hydrogens is 373 g/mol. The van der Waals surface area contributed by atoms with E-state index in [4.69, 9.17) is 23.2 Å². The number of hydrogen-bond donors (Lipinski definition) is 0. The molecule has 0 unspecified atom stereocenters. The van der Waals surface area contributed by atoms with E-state index >= 15 is 0 Å². The molecule has 1 aliphatic heterocycles. The predicted molar refractivity (Wildman–Crippen MR) is 95.2 cm³/mol. The Balaban J connectivity index is 2.44. The smallest absolute Gasteiger partial charge is 0.277 e. The van der Waals surface area contributed by atoms with Crippen LogP contribution in [0.2, 0.25) is 10.0 Å². The van der Waals surface area contributed by atoms with Gasteiger partial charge < -0.3 is 4.90 Å². The summed E-state index contributed by atoms with van der Waals surface area (Å²) in [6, 6.07) is 2.83. The number of halogens is 2. The first-order chi connectivity index (χ1) is 11.0. The summed E-state index contributed by atoms with van der Waals surface area (Å²) in [5.41, 5.74) is 1.03. The van der Waals surface area contributed by atoms with Crippen molar-refractivity contribution in [1.29, 1.82) is 0 Å². The predicted octanol–water partition coefficient (Wildman–Crippen LogP) is 2.35. The Morgan fingerprint density at radius 2 is 1.88 bits per heavy atom. The molecule has 24 heavy (non-hydrogen) atoms. The molecule has 1 aromatic rings. The fourth-order valence-corrected chi connectivity index (χ4v) is 4.38. The summed E-state index contributed by atoms with van der Waals surface area (Å²) < 4.78 is 25.5. The quantitative estimate of drug-likeness (QED) is 0.740. The van der Waals surface area contributed by atoms with Gasteiger partial charge >= 0.3 is 0 Å². The van der Waals surface area contributed by atoms with Gasteiger partial charge in [0.2, 0.25) is 0 Å². The molecule has 0 radical (unpaired) electrons. The minimum Gasteiger partial charge on any atom is -0.383 e. The van der Waals surface area contributed by atoms with E-state index in [1.54, 1.807) is 32.1 Å². The van der Waals surface area contributed by atoms with Crippen molar-refractivity contribution in [2.75, 3.05) is 26.9 Å². The van der Waals surface area contributed by atoms with Gasteiger partial charge in [0, 0.05) is 32.4 Å². The monoisotopic (exact) mass is 389 g/mol. The highest BCUT2D eigenvalue weighted by Gasteiger charge is 2.32. The normalized spacial score (nSPS) is 16.8. The molecule has 1 amide bonds. The molecule has 130 valence electrons. The molecule has 1 aliphatic rings. The molecule has 0 fully saturated rings. The molecule has 9 heteroatoms. The van der Waals surface area contributed by atoms with Crippen LogP contribution in [0.15, 0.2) is 33.9 Å². The van der Waals surface area contributed by atoms with Gasteiger partial charge in [0.1, 0.15) is 0 Å². The third kappa shape index (κ3) is 3.74. The van der Waals surface area contributed by atoms with Crippen molar-refractivity contribution in [3.63, 3.8) is 0 Å². The SMILES string of the molecule is Cc1cc(S(=O)(=O)CC2=NN(C)C(=O)/C2=C/N(C)C)c(Cl)cc1Cl. The van der Waals surface area contributed by atoms with Crippen LogP contribution in [0.5, 0.6) is 0 Å². The van der Waals surface area contributed by atoms with Crippen LogP contribution in [-0.4, -0.2) is 56.8 Å². The van der Waals surface area contributed by atoms with Gasteiger partial charge in [0.05, 0.1) is 27.0 Å². The highest BCUT2D eigenvalue weighted by molar-refractivity contribution is 7.92.